The zero-order valence-corrected chi connectivity index (χ0v) is 16.3. The van der Waals surface area contributed by atoms with Crippen LogP contribution >= 0.6 is 0 Å². The van der Waals surface area contributed by atoms with Gasteiger partial charge >= 0.3 is 0 Å². The topological polar surface area (TPSA) is 53.1 Å². The molecule has 148 valence electrons. The summed E-state index contributed by atoms with van der Waals surface area (Å²) in [4.78, 5) is 31.1. The van der Waals surface area contributed by atoms with E-state index in [1.54, 1.807) is 0 Å². The van der Waals surface area contributed by atoms with Crippen molar-refractivity contribution < 1.29 is 14.3 Å². The molecule has 1 aromatic rings. The number of morpholine rings is 1. The van der Waals surface area contributed by atoms with E-state index in [9.17, 15) is 9.59 Å². The SMILES string of the molecule is CC(CC(=O)N1CCN(C(=O)CCN2CCOCC2)CC1)c1ccccc1. The van der Waals surface area contributed by atoms with Gasteiger partial charge in [-0.15, -0.1) is 0 Å². The summed E-state index contributed by atoms with van der Waals surface area (Å²) in [5, 5.41) is 0. The van der Waals surface area contributed by atoms with Crippen molar-refractivity contribution in [1.82, 2.24) is 14.7 Å². The maximum absolute atomic E-state index is 12.6. The molecule has 0 aliphatic carbocycles. The molecule has 0 radical (unpaired) electrons. The number of carbonyl (C=O) groups is 2. The summed E-state index contributed by atoms with van der Waals surface area (Å²) in [6.07, 6.45) is 1.08. The fourth-order valence-corrected chi connectivity index (χ4v) is 3.73. The maximum atomic E-state index is 12.6. The second kappa shape index (κ2) is 9.85. The normalized spacial score (nSPS) is 19.7. The number of ether oxygens (including phenoxy) is 1. The number of amides is 2. The van der Waals surface area contributed by atoms with E-state index < -0.39 is 0 Å². The highest BCUT2D eigenvalue weighted by Crippen LogP contribution is 2.20. The third-order valence-electron chi connectivity index (χ3n) is 5.58. The van der Waals surface area contributed by atoms with Crippen molar-refractivity contribution in [1.29, 1.82) is 0 Å². The molecule has 2 fully saturated rings. The van der Waals surface area contributed by atoms with E-state index in [2.05, 4.69) is 24.0 Å². The third-order valence-corrected chi connectivity index (χ3v) is 5.58. The Bertz CT molecular complexity index is 608. The summed E-state index contributed by atoms with van der Waals surface area (Å²) >= 11 is 0. The van der Waals surface area contributed by atoms with Gasteiger partial charge < -0.3 is 14.5 Å². The van der Waals surface area contributed by atoms with Crippen LogP contribution in [0.5, 0.6) is 0 Å². The summed E-state index contributed by atoms with van der Waals surface area (Å²) < 4.78 is 5.34. The zero-order chi connectivity index (χ0) is 19.1. The molecule has 0 bridgehead atoms. The van der Waals surface area contributed by atoms with Crippen LogP contribution in [0.15, 0.2) is 30.3 Å². The van der Waals surface area contributed by atoms with Gasteiger partial charge in [0, 0.05) is 58.7 Å². The van der Waals surface area contributed by atoms with Crippen LogP contribution in [0.4, 0.5) is 0 Å². The van der Waals surface area contributed by atoms with Gasteiger partial charge in [0.2, 0.25) is 11.8 Å². The summed E-state index contributed by atoms with van der Waals surface area (Å²) in [6, 6.07) is 10.2. The van der Waals surface area contributed by atoms with Crippen molar-refractivity contribution in [3.63, 3.8) is 0 Å². The Morgan fingerprint density at radius 2 is 1.52 bits per heavy atom. The van der Waals surface area contributed by atoms with Crippen LogP contribution in [-0.4, -0.2) is 85.5 Å². The second-order valence-electron chi connectivity index (χ2n) is 7.48. The van der Waals surface area contributed by atoms with Crippen molar-refractivity contribution in [3.8, 4) is 0 Å². The van der Waals surface area contributed by atoms with Crippen LogP contribution < -0.4 is 0 Å². The highest BCUT2D eigenvalue weighted by Gasteiger charge is 2.25. The predicted molar refractivity (Wildman–Crippen MR) is 105 cm³/mol. The fourth-order valence-electron chi connectivity index (χ4n) is 3.73. The Morgan fingerprint density at radius 3 is 2.15 bits per heavy atom. The Hall–Kier alpha value is -1.92. The monoisotopic (exact) mass is 373 g/mol. The Balaban J connectivity index is 1.38. The van der Waals surface area contributed by atoms with Crippen LogP contribution in [-0.2, 0) is 14.3 Å². The average Bonchev–Trinajstić information content (AvgIpc) is 2.73. The molecule has 0 N–H and O–H groups in total. The number of hydrogen-bond acceptors (Lipinski definition) is 4. The molecule has 0 spiro atoms. The third kappa shape index (κ3) is 5.78. The number of nitrogens with zero attached hydrogens (tertiary/aromatic N) is 3. The minimum atomic E-state index is 0.187. The molecule has 6 nitrogen and oxygen atoms in total. The predicted octanol–water partition coefficient (Wildman–Crippen LogP) is 1.57. The number of piperazine rings is 1. The molecule has 2 heterocycles. The summed E-state index contributed by atoms with van der Waals surface area (Å²) in [5.74, 6) is 0.602. The summed E-state index contributed by atoms with van der Waals surface area (Å²) in [6.45, 7) is 8.82. The van der Waals surface area contributed by atoms with Crippen molar-refractivity contribution in [2.75, 3.05) is 59.0 Å². The lowest BCUT2D eigenvalue weighted by Crippen LogP contribution is -2.51. The smallest absolute Gasteiger partial charge is 0.223 e. The molecular weight excluding hydrogens is 342 g/mol. The average molecular weight is 373 g/mol. The Labute approximate surface area is 162 Å². The van der Waals surface area contributed by atoms with Gasteiger partial charge in [-0.1, -0.05) is 37.3 Å². The molecule has 3 rings (SSSR count). The van der Waals surface area contributed by atoms with Crippen molar-refractivity contribution >= 4 is 11.8 Å². The van der Waals surface area contributed by atoms with E-state index >= 15 is 0 Å². The van der Waals surface area contributed by atoms with E-state index in [0.717, 1.165) is 32.8 Å². The minimum absolute atomic E-state index is 0.187. The molecule has 0 aromatic heterocycles. The number of benzene rings is 1. The molecule has 2 amide bonds. The minimum Gasteiger partial charge on any atom is -0.379 e. The maximum Gasteiger partial charge on any atom is 0.223 e. The van der Waals surface area contributed by atoms with Crippen molar-refractivity contribution in [2.45, 2.75) is 25.7 Å². The van der Waals surface area contributed by atoms with Gasteiger partial charge in [0.05, 0.1) is 13.2 Å². The van der Waals surface area contributed by atoms with E-state index in [1.165, 1.54) is 5.56 Å². The number of rotatable bonds is 6. The molecule has 6 heteroatoms. The number of carbonyl (C=O) groups excluding carboxylic acids is 2. The first-order chi connectivity index (χ1) is 13.1. The standard InChI is InChI=1S/C21H31N3O3/c1-18(19-5-3-2-4-6-19)17-21(26)24-11-9-23(10-12-24)20(25)7-8-22-13-15-27-16-14-22/h2-6,18H,7-17H2,1H3. The van der Waals surface area contributed by atoms with Crippen LogP contribution in [0.2, 0.25) is 0 Å². The van der Waals surface area contributed by atoms with E-state index in [4.69, 9.17) is 4.74 Å². The molecule has 2 aliphatic heterocycles. The van der Waals surface area contributed by atoms with Gasteiger partial charge in [-0.25, -0.2) is 0 Å². The van der Waals surface area contributed by atoms with E-state index in [1.807, 2.05) is 28.0 Å². The van der Waals surface area contributed by atoms with Crippen molar-refractivity contribution in [2.24, 2.45) is 0 Å². The fraction of sp³-hybridized carbons (Fsp3) is 0.619. The van der Waals surface area contributed by atoms with Gasteiger partial charge in [0.1, 0.15) is 0 Å². The molecule has 1 aromatic carbocycles. The largest absolute Gasteiger partial charge is 0.379 e. The van der Waals surface area contributed by atoms with Gasteiger partial charge in [0.15, 0.2) is 0 Å². The first kappa shape index (κ1) is 19.8. The Kier molecular flexibility index (Phi) is 7.24. The highest BCUT2D eigenvalue weighted by atomic mass is 16.5. The molecule has 27 heavy (non-hydrogen) atoms. The first-order valence-electron chi connectivity index (χ1n) is 10.0. The molecule has 2 aliphatic rings. The molecule has 1 unspecified atom stereocenters. The van der Waals surface area contributed by atoms with Gasteiger partial charge in [-0.3, -0.25) is 14.5 Å². The van der Waals surface area contributed by atoms with Crippen LogP contribution in [0.1, 0.15) is 31.2 Å². The van der Waals surface area contributed by atoms with Crippen LogP contribution in [0.3, 0.4) is 0 Å². The second-order valence-corrected chi connectivity index (χ2v) is 7.48. The number of hydrogen-bond donors (Lipinski definition) is 0. The highest BCUT2D eigenvalue weighted by molar-refractivity contribution is 5.79. The summed E-state index contributed by atoms with van der Waals surface area (Å²) in [5.41, 5.74) is 1.20. The molecular formula is C21H31N3O3. The lowest BCUT2D eigenvalue weighted by atomic mass is 9.97. The van der Waals surface area contributed by atoms with E-state index in [-0.39, 0.29) is 17.7 Å². The molecule has 2 saturated heterocycles. The lowest BCUT2D eigenvalue weighted by molar-refractivity contribution is -0.140. The van der Waals surface area contributed by atoms with Crippen LogP contribution in [0.25, 0.3) is 0 Å². The molecule has 0 saturated carbocycles. The van der Waals surface area contributed by atoms with Crippen molar-refractivity contribution in [3.05, 3.63) is 35.9 Å². The van der Waals surface area contributed by atoms with Gasteiger partial charge in [-0.2, -0.15) is 0 Å². The van der Waals surface area contributed by atoms with Gasteiger partial charge in [0.25, 0.3) is 0 Å². The Morgan fingerprint density at radius 1 is 0.926 bits per heavy atom. The zero-order valence-electron chi connectivity index (χ0n) is 16.3. The lowest BCUT2D eigenvalue weighted by Gasteiger charge is -2.36. The van der Waals surface area contributed by atoms with Gasteiger partial charge in [-0.05, 0) is 11.5 Å². The summed E-state index contributed by atoms with van der Waals surface area (Å²) in [7, 11) is 0. The quantitative estimate of drug-likeness (QED) is 0.760. The first-order valence-corrected chi connectivity index (χ1v) is 10.0. The molecule has 1 atom stereocenters. The van der Waals surface area contributed by atoms with Crippen LogP contribution in [0, 0.1) is 0 Å². The van der Waals surface area contributed by atoms with E-state index in [0.29, 0.717) is 39.0 Å².